The topological polar surface area (TPSA) is 630 Å². The number of aryl methyl sites for hydroxylation is 6. The number of hydrogen-bond acceptors (Lipinski definition) is 33. The van der Waals surface area contributed by atoms with Crippen LogP contribution in [0.15, 0.2) is 285 Å². The van der Waals surface area contributed by atoms with E-state index in [1.807, 2.05) is 219 Å². The normalized spacial score (nSPS) is 12.1. The van der Waals surface area contributed by atoms with Gasteiger partial charge in [-0.1, -0.05) is 283 Å². The van der Waals surface area contributed by atoms with Crippen LogP contribution < -0.4 is 834 Å². The third-order valence-corrected chi connectivity index (χ3v) is 37.6. The zero-order valence-corrected chi connectivity index (χ0v) is 143. The number of rotatable bonds is 40. The molecule has 0 bridgehead atoms. The first-order valence-electron chi connectivity index (χ1n) is 41.5. The fourth-order valence-electron chi connectivity index (χ4n) is 13.5. The molecule has 5 atom stereocenters. The summed E-state index contributed by atoms with van der Waals surface area (Å²) < 4.78 is 237. The van der Waals surface area contributed by atoms with E-state index in [0.29, 0.717) is 66.6 Å². The third-order valence-electron chi connectivity index (χ3n) is 20.5. The van der Waals surface area contributed by atoms with Gasteiger partial charge < -0.3 is 109 Å². The molecular weight excluding hydrogens is 2530 g/mol. The van der Waals surface area contributed by atoms with Crippen molar-refractivity contribution >= 4 is 88.6 Å². The largest absolute Gasteiger partial charge is 1.00 e. The van der Waals surface area contributed by atoms with E-state index in [0.717, 1.165) is 66.8 Å². The Morgan fingerprint density at radius 1 is 0.247 bits per heavy atom. The summed E-state index contributed by atoms with van der Waals surface area (Å²) in [6.07, 6.45) is 0.224. The van der Waals surface area contributed by atoms with Crippen LogP contribution in [0.2, 0.25) is 0 Å². The van der Waals surface area contributed by atoms with Gasteiger partial charge in [-0.15, -0.1) is 0 Å². The Morgan fingerprint density at radius 3 is 0.773 bits per heavy atom. The fraction of sp³-hybridized carbons (Fsp3) is 0.283. The van der Waals surface area contributed by atoms with E-state index in [1.165, 1.54) is 5.56 Å². The molecule has 0 fully saturated rings. The third kappa shape index (κ3) is 74.8. The van der Waals surface area contributed by atoms with E-state index < -0.39 is 146 Å². The van der Waals surface area contributed by atoms with E-state index in [1.54, 1.807) is 72.8 Å². The molecule has 33 nitrogen and oxygen atoms in total. The van der Waals surface area contributed by atoms with Crippen LogP contribution in [-0.2, 0) is 117 Å². The average Bonchev–Trinajstić information content (AvgIpc) is 0.833. The molecule has 11 aromatic rings. The zero-order valence-electron chi connectivity index (χ0n) is 88.1. The standard InChI is InChI=1S/C23H25O7PS.C20H27O7PS.C17H21O6PS.C16H19O7PS.C16H19O6PS.15K/c24-31(25,26)23(32(27,28)29)15-7-11-19-10-6-13-21(17-19)30-22-14-5-4-12-20(22)16-18-8-2-1-3-9-18;1-20(2,3)16-10-12-17(13-11-16)27-18-8-4-6-15(14-18)7-5-9-19(28(21,22)23)29(24,25)26;1-13-5-9-15(10-6-13)16-11-7-14(8-12-16)3-2-4-17(24(18,19)20)25(21,22)23;17-24(18,19)16(25(20,21)22)8-4-5-13-9-11-15(12-10-13)23-14-6-2-1-3-7-14;17-23(18,19)16(24(20,21)22)8-4-5-13-9-11-15(12-10-13)14-6-2-1-3-7-14;;;;;;;;;;;;;;;/h1-6,8-10,12-14,17,23H,7,11,15-16H2,(H2,24,25,26)(H,27,28,29);4,6,8,10-14,19H,5,7,9H2,1-3H3,(H2,21,22,23)(H,24,25,26);5-12,17H,2-4H2,1H3,(H2,18,19,20)(H,21,22,23);1-3,6-7,9-12,16H,4-5,8H2,(H2,17,18,19)(H,20,21,22);1-3,6-7,9-12,16H,4-5,8H2,(H2,17,18,19)(H,20,21,22);;;;;;;;;;;;;;;/q;;;;;15*+1/p-15. The Morgan fingerprint density at radius 2 is 0.473 bits per heavy atom. The van der Waals surface area contributed by atoms with Crippen LogP contribution in [0, 0.1) is 6.92 Å². The minimum atomic E-state index is -5.53. The van der Waals surface area contributed by atoms with Gasteiger partial charge in [0, 0.05) is 6.42 Å². The predicted octanol–water partition coefficient (Wildman–Crippen LogP) is -34.1. The van der Waals surface area contributed by atoms with E-state index in [9.17, 15) is 137 Å². The molecular formula is C92H96K15O33P5S5. The second kappa shape index (κ2) is 91.4. The maximum Gasteiger partial charge on any atom is 1.00 e. The summed E-state index contributed by atoms with van der Waals surface area (Å²) in [5.41, 5.74) is 12.7. The molecule has 0 amide bonds. The second-order valence-electron chi connectivity index (χ2n) is 32.1. The number of hydrogen-bond donors (Lipinski definition) is 0. The molecule has 0 aromatic heterocycles. The molecule has 0 N–H and O–H groups in total. The Bertz CT molecular complexity index is 6550. The van der Waals surface area contributed by atoms with Gasteiger partial charge in [-0.25, -0.2) is 42.1 Å². The maximum absolute atomic E-state index is 11.1. The Kier molecular flexibility index (Phi) is 112. The van der Waals surface area contributed by atoms with Crippen LogP contribution in [0.4, 0.5) is 0 Å². The van der Waals surface area contributed by atoms with Gasteiger partial charge in [0.2, 0.25) is 0 Å². The predicted molar refractivity (Wildman–Crippen MR) is 485 cm³/mol. The van der Waals surface area contributed by atoms with Crippen LogP contribution >= 0.6 is 38.0 Å². The van der Waals surface area contributed by atoms with E-state index in [4.69, 9.17) is 14.2 Å². The van der Waals surface area contributed by atoms with Gasteiger partial charge in [-0.05, 0) is 242 Å². The van der Waals surface area contributed by atoms with Crippen LogP contribution in [0.25, 0.3) is 22.3 Å². The Balaban J connectivity index is -0.000000232. The van der Waals surface area contributed by atoms with Gasteiger partial charge in [0.15, 0.2) is 0 Å². The quantitative estimate of drug-likeness (QED) is 0.0195. The maximum atomic E-state index is 11.1. The van der Waals surface area contributed by atoms with Crippen LogP contribution in [0.5, 0.6) is 34.5 Å². The minimum Gasteiger partial charge on any atom is -0.810 e. The second-order valence-corrected chi connectivity index (χ2v) is 50.2. The van der Waals surface area contributed by atoms with Gasteiger partial charge in [0.25, 0.3) is 0 Å². The summed E-state index contributed by atoms with van der Waals surface area (Å²) in [6, 6.07) is 88.3. The number of para-hydroxylation sites is 2. The molecule has 0 heterocycles. The van der Waals surface area contributed by atoms with Gasteiger partial charge in [0.05, 0.1) is 25.0 Å². The number of ether oxygens (including phenoxy) is 3. The molecule has 0 saturated carbocycles. The summed E-state index contributed by atoms with van der Waals surface area (Å²) in [5, 5.41) is 0. The van der Waals surface area contributed by atoms with Crippen molar-refractivity contribution in [1.29, 1.82) is 0 Å². The van der Waals surface area contributed by atoms with E-state index >= 15 is 0 Å². The summed E-state index contributed by atoms with van der Waals surface area (Å²) >= 11 is 0. The van der Waals surface area contributed by atoms with Crippen molar-refractivity contribution in [2.75, 3.05) is 0 Å². The summed E-state index contributed by atoms with van der Waals surface area (Å²) in [4.78, 5) is 97.8. The van der Waals surface area contributed by atoms with Gasteiger partial charge >= 0.3 is 771 Å². The Hall–Kier alpha value is 15.7. The first-order chi connectivity index (χ1) is 62.8. The first-order valence-corrected chi connectivity index (χ1v) is 56.9. The van der Waals surface area contributed by atoms with E-state index in [-0.39, 0.29) is 815 Å². The van der Waals surface area contributed by atoms with Crippen molar-refractivity contribution in [3.63, 3.8) is 0 Å². The smallest absolute Gasteiger partial charge is 0.810 e. The number of benzene rings is 11. The fourth-order valence-corrected chi connectivity index (χ4v) is 24.6. The van der Waals surface area contributed by atoms with Crippen molar-refractivity contribution in [3.05, 3.63) is 335 Å². The molecule has 5 unspecified atom stereocenters. The zero-order chi connectivity index (χ0) is 100. The van der Waals surface area contributed by atoms with Crippen molar-refractivity contribution in [2.45, 2.75) is 161 Å². The SMILES string of the molecule is CC(C)(C)c1ccc(Oc2cccc(CCCC(P(=O)([O-])[O-])S(=O)(=O)[O-])c2)cc1.Cc1ccc(-c2ccc(CCCC(P(=O)([O-])[O-])S(=O)(=O)[O-])cc2)cc1.O=P([O-])([O-])C(CCCc1ccc(-c2ccccc2)cc1)S(=O)(=O)[O-].O=P([O-])([O-])C(CCCc1ccc(Oc2ccccc2)cc1)S(=O)(=O)[O-].O=P([O-])([O-])C(CCCc1cccc(Oc2ccccc2Cc2ccccc2)c1)S(=O)(=O)[O-].[K+].[K+].[K+].[K+].[K+].[K+].[K+].[K+].[K+].[K+].[K+].[K+].[K+].[K+].[K+]. The summed E-state index contributed by atoms with van der Waals surface area (Å²) in [5.74, 6) is 3.78. The van der Waals surface area contributed by atoms with Crippen LogP contribution in [-0.4, -0.2) is 89.8 Å². The monoisotopic (exact) mass is 2630 g/mol. The van der Waals surface area contributed by atoms with Crippen molar-refractivity contribution in [2.24, 2.45) is 0 Å². The molecule has 58 heteroatoms. The van der Waals surface area contributed by atoms with Gasteiger partial charge in [-0.3, -0.25) is 0 Å². The molecule has 11 rings (SSSR count). The summed E-state index contributed by atoms with van der Waals surface area (Å²) in [6.45, 7) is 8.36. The summed E-state index contributed by atoms with van der Waals surface area (Å²) in [7, 11) is -53.4. The molecule has 0 radical (unpaired) electrons. The van der Waals surface area contributed by atoms with Crippen molar-refractivity contribution < 1.29 is 922 Å². The average molecular weight is 2630 g/mol. The Labute approximate surface area is 1520 Å². The van der Waals surface area contributed by atoms with Gasteiger partial charge in [-0.2, -0.15) is 0 Å². The van der Waals surface area contributed by atoms with Crippen LogP contribution in [0.3, 0.4) is 0 Å². The molecule has 0 aliphatic carbocycles. The van der Waals surface area contributed by atoms with Crippen molar-refractivity contribution in [1.82, 2.24) is 0 Å². The molecule has 11 aromatic carbocycles. The molecule has 732 valence electrons. The molecule has 0 spiro atoms. The van der Waals surface area contributed by atoms with E-state index in [2.05, 4.69) is 20.8 Å². The minimum absolute atomic E-state index is 0. The first kappa shape index (κ1) is 183. The van der Waals surface area contributed by atoms with Crippen LogP contribution in [0.1, 0.15) is 135 Å². The molecule has 0 aliphatic rings. The van der Waals surface area contributed by atoms with Crippen molar-refractivity contribution in [3.8, 4) is 56.8 Å². The van der Waals surface area contributed by atoms with Gasteiger partial charge in [0.1, 0.15) is 85.1 Å². The molecule has 150 heavy (non-hydrogen) atoms. The molecule has 0 aliphatic heterocycles. The molecule has 0 saturated heterocycles.